The van der Waals surface area contributed by atoms with Crippen molar-refractivity contribution < 1.29 is 9.13 Å². The molecular formula is C15H15ClFNO. The van der Waals surface area contributed by atoms with Crippen LogP contribution in [-0.2, 0) is 6.61 Å². The lowest BCUT2D eigenvalue weighted by molar-refractivity contribution is 0.300. The largest absolute Gasteiger partial charge is 0.488 e. The molecule has 0 saturated heterocycles. The number of nitrogens with two attached hydrogens (primary N) is 1. The van der Waals surface area contributed by atoms with Gasteiger partial charge >= 0.3 is 0 Å². The van der Waals surface area contributed by atoms with Crippen molar-refractivity contribution in [1.29, 1.82) is 0 Å². The SMILES string of the molecule is CC(N)c1ccc(F)cc1OCc1ccc(Cl)cc1. The molecule has 0 aliphatic rings. The van der Waals surface area contributed by atoms with Crippen molar-refractivity contribution in [1.82, 2.24) is 0 Å². The first-order valence-electron chi connectivity index (χ1n) is 5.98. The van der Waals surface area contributed by atoms with Gasteiger partial charge in [0.25, 0.3) is 0 Å². The third-order valence-electron chi connectivity index (χ3n) is 2.77. The molecule has 0 aliphatic carbocycles. The molecule has 2 aromatic carbocycles. The van der Waals surface area contributed by atoms with Gasteiger partial charge in [0.15, 0.2) is 0 Å². The van der Waals surface area contributed by atoms with Crippen LogP contribution >= 0.6 is 11.6 Å². The fraction of sp³-hybridized carbons (Fsp3) is 0.200. The maximum atomic E-state index is 13.3. The van der Waals surface area contributed by atoms with Crippen LogP contribution in [0.25, 0.3) is 0 Å². The lowest BCUT2D eigenvalue weighted by Crippen LogP contribution is -2.08. The van der Waals surface area contributed by atoms with Crippen LogP contribution in [0.5, 0.6) is 5.75 Å². The standard InChI is InChI=1S/C15H15ClFNO/c1-10(18)14-7-6-13(17)8-15(14)19-9-11-2-4-12(16)5-3-11/h2-8,10H,9,18H2,1H3. The van der Waals surface area contributed by atoms with Crippen molar-refractivity contribution in [3.63, 3.8) is 0 Å². The third-order valence-corrected chi connectivity index (χ3v) is 3.03. The molecule has 2 nitrogen and oxygen atoms in total. The molecule has 0 amide bonds. The average molecular weight is 280 g/mol. The van der Waals surface area contributed by atoms with Gasteiger partial charge in [0, 0.05) is 22.7 Å². The Labute approximate surface area is 117 Å². The van der Waals surface area contributed by atoms with E-state index in [2.05, 4.69) is 0 Å². The molecule has 19 heavy (non-hydrogen) atoms. The summed E-state index contributed by atoms with van der Waals surface area (Å²) in [5, 5.41) is 0.672. The van der Waals surface area contributed by atoms with Crippen LogP contribution in [0.3, 0.4) is 0 Å². The third kappa shape index (κ3) is 3.69. The van der Waals surface area contributed by atoms with Crippen molar-refractivity contribution in [2.24, 2.45) is 5.73 Å². The average Bonchev–Trinajstić information content (AvgIpc) is 2.38. The van der Waals surface area contributed by atoms with Crippen molar-refractivity contribution in [2.45, 2.75) is 19.6 Å². The van der Waals surface area contributed by atoms with Crippen molar-refractivity contribution in [3.8, 4) is 5.75 Å². The molecule has 0 bridgehead atoms. The smallest absolute Gasteiger partial charge is 0.127 e. The summed E-state index contributed by atoms with van der Waals surface area (Å²) < 4.78 is 18.9. The summed E-state index contributed by atoms with van der Waals surface area (Å²) in [6.45, 7) is 2.18. The van der Waals surface area contributed by atoms with Gasteiger partial charge in [0.2, 0.25) is 0 Å². The zero-order valence-corrected chi connectivity index (χ0v) is 11.3. The molecule has 0 heterocycles. The van der Waals surface area contributed by atoms with E-state index >= 15 is 0 Å². The summed E-state index contributed by atoms with van der Waals surface area (Å²) >= 11 is 5.81. The molecule has 2 N–H and O–H groups in total. The van der Waals surface area contributed by atoms with E-state index in [1.54, 1.807) is 18.2 Å². The van der Waals surface area contributed by atoms with E-state index in [9.17, 15) is 4.39 Å². The van der Waals surface area contributed by atoms with Gasteiger partial charge in [-0.15, -0.1) is 0 Å². The Morgan fingerprint density at radius 1 is 1.21 bits per heavy atom. The summed E-state index contributed by atoms with van der Waals surface area (Å²) in [5.41, 5.74) is 7.58. The first-order valence-corrected chi connectivity index (χ1v) is 6.36. The van der Waals surface area contributed by atoms with Crippen LogP contribution in [0, 0.1) is 5.82 Å². The lowest BCUT2D eigenvalue weighted by Gasteiger charge is -2.14. The summed E-state index contributed by atoms with van der Waals surface area (Å²) in [5.74, 6) is 0.139. The molecular weight excluding hydrogens is 265 g/mol. The number of ether oxygens (including phenoxy) is 1. The van der Waals surface area contributed by atoms with E-state index in [4.69, 9.17) is 22.1 Å². The van der Waals surface area contributed by atoms with Gasteiger partial charge in [-0.25, -0.2) is 4.39 Å². The Morgan fingerprint density at radius 2 is 1.89 bits per heavy atom. The highest BCUT2D eigenvalue weighted by Gasteiger charge is 2.09. The maximum Gasteiger partial charge on any atom is 0.127 e. The molecule has 0 spiro atoms. The van der Waals surface area contributed by atoms with Gasteiger partial charge in [-0.1, -0.05) is 29.8 Å². The van der Waals surface area contributed by atoms with Gasteiger partial charge in [-0.3, -0.25) is 0 Å². The van der Waals surface area contributed by atoms with Crippen LogP contribution < -0.4 is 10.5 Å². The molecule has 0 saturated carbocycles. The van der Waals surface area contributed by atoms with Crippen LogP contribution in [-0.4, -0.2) is 0 Å². The predicted molar refractivity (Wildman–Crippen MR) is 74.8 cm³/mol. The minimum absolute atomic E-state index is 0.208. The zero-order valence-electron chi connectivity index (χ0n) is 10.6. The van der Waals surface area contributed by atoms with Crippen LogP contribution in [0.1, 0.15) is 24.1 Å². The van der Waals surface area contributed by atoms with E-state index in [1.165, 1.54) is 12.1 Å². The molecule has 0 radical (unpaired) electrons. The molecule has 0 fully saturated rings. The first kappa shape index (κ1) is 13.8. The quantitative estimate of drug-likeness (QED) is 0.915. The van der Waals surface area contributed by atoms with Gasteiger partial charge < -0.3 is 10.5 Å². The van der Waals surface area contributed by atoms with Gasteiger partial charge in [-0.2, -0.15) is 0 Å². The van der Waals surface area contributed by atoms with Gasteiger partial charge in [0.05, 0.1) is 0 Å². The summed E-state index contributed by atoms with van der Waals surface area (Å²) in [7, 11) is 0. The Hall–Kier alpha value is -1.58. The van der Waals surface area contributed by atoms with Crippen molar-refractivity contribution in [2.75, 3.05) is 0 Å². The number of benzene rings is 2. The highest BCUT2D eigenvalue weighted by molar-refractivity contribution is 6.30. The van der Waals surface area contributed by atoms with Crippen LogP contribution in [0.15, 0.2) is 42.5 Å². The highest BCUT2D eigenvalue weighted by Crippen LogP contribution is 2.25. The molecule has 100 valence electrons. The first-order chi connectivity index (χ1) is 9.06. The zero-order chi connectivity index (χ0) is 13.8. The summed E-state index contributed by atoms with van der Waals surface area (Å²) in [4.78, 5) is 0. The fourth-order valence-electron chi connectivity index (χ4n) is 1.75. The Morgan fingerprint density at radius 3 is 2.53 bits per heavy atom. The number of rotatable bonds is 4. The molecule has 2 aromatic rings. The minimum Gasteiger partial charge on any atom is -0.488 e. The second-order valence-corrected chi connectivity index (χ2v) is 4.82. The van der Waals surface area contributed by atoms with E-state index in [0.29, 0.717) is 17.4 Å². The normalized spacial score (nSPS) is 12.2. The molecule has 0 aliphatic heterocycles. The Balaban J connectivity index is 2.14. The molecule has 0 aromatic heterocycles. The molecule has 1 unspecified atom stereocenters. The molecule has 2 rings (SSSR count). The lowest BCUT2D eigenvalue weighted by atomic mass is 10.1. The second kappa shape index (κ2) is 6.04. The Bertz CT molecular complexity index is 555. The number of halogens is 2. The van der Waals surface area contributed by atoms with Crippen LogP contribution in [0.4, 0.5) is 4.39 Å². The van der Waals surface area contributed by atoms with Crippen molar-refractivity contribution >= 4 is 11.6 Å². The Kier molecular flexibility index (Phi) is 4.40. The molecule has 4 heteroatoms. The van der Waals surface area contributed by atoms with E-state index in [1.807, 2.05) is 19.1 Å². The summed E-state index contributed by atoms with van der Waals surface area (Å²) in [6, 6.07) is 11.5. The minimum atomic E-state index is -0.337. The second-order valence-electron chi connectivity index (χ2n) is 4.39. The number of hydrogen-bond donors (Lipinski definition) is 1. The van der Waals surface area contributed by atoms with E-state index < -0.39 is 0 Å². The van der Waals surface area contributed by atoms with Crippen LogP contribution in [0.2, 0.25) is 5.02 Å². The van der Waals surface area contributed by atoms with E-state index in [0.717, 1.165) is 11.1 Å². The maximum absolute atomic E-state index is 13.3. The van der Waals surface area contributed by atoms with Gasteiger partial charge in [0.1, 0.15) is 18.2 Å². The molecule has 1 atom stereocenters. The topological polar surface area (TPSA) is 35.2 Å². The summed E-state index contributed by atoms with van der Waals surface area (Å²) in [6.07, 6.45) is 0. The monoisotopic (exact) mass is 279 g/mol. The highest BCUT2D eigenvalue weighted by atomic mass is 35.5. The van der Waals surface area contributed by atoms with E-state index in [-0.39, 0.29) is 11.9 Å². The predicted octanol–water partition coefficient (Wildman–Crippen LogP) is 4.08. The van der Waals surface area contributed by atoms with Gasteiger partial charge in [-0.05, 0) is 30.7 Å². The van der Waals surface area contributed by atoms with Crippen molar-refractivity contribution in [3.05, 3.63) is 64.4 Å². The fourth-order valence-corrected chi connectivity index (χ4v) is 1.88. The number of hydrogen-bond acceptors (Lipinski definition) is 2.